The first-order chi connectivity index (χ1) is 6.29. The zero-order chi connectivity index (χ0) is 10.9. The summed E-state index contributed by atoms with van der Waals surface area (Å²) in [6.07, 6.45) is 1.00. The average Bonchev–Trinajstić information content (AvgIpc) is 2.28. The summed E-state index contributed by atoms with van der Waals surface area (Å²) in [4.78, 5) is 22.8. The Balaban J connectivity index is 2.52. The first-order valence-electron chi connectivity index (χ1n) is 5.05. The molecule has 0 spiro atoms. The first-order valence-corrected chi connectivity index (χ1v) is 5.05. The van der Waals surface area contributed by atoms with Crippen LogP contribution in [0.3, 0.4) is 0 Å². The van der Waals surface area contributed by atoms with E-state index < -0.39 is 5.60 Å². The molecule has 0 N–H and O–H groups in total. The molecule has 1 aliphatic rings. The van der Waals surface area contributed by atoms with E-state index in [0.29, 0.717) is 12.8 Å². The van der Waals surface area contributed by atoms with E-state index in [1.807, 2.05) is 27.7 Å². The van der Waals surface area contributed by atoms with E-state index in [1.165, 1.54) is 0 Å². The number of hydrogen-bond acceptors (Lipinski definition) is 3. The molecule has 1 saturated carbocycles. The Morgan fingerprint density at radius 3 is 2.36 bits per heavy atom. The van der Waals surface area contributed by atoms with Gasteiger partial charge in [-0.25, -0.2) is 0 Å². The Hall–Kier alpha value is -0.860. The lowest BCUT2D eigenvalue weighted by Gasteiger charge is -2.21. The van der Waals surface area contributed by atoms with Crippen molar-refractivity contribution < 1.29 is 14.3 Å². The molecule has 0 aliphatic heterocycles. The van der Waals surface area contributed by atoms with E-state index in [1.54, 1.807) is 0 Å². The highest BCUT2D eigenvalue weighted by Crippen LogP contribution is 2.29. The van der Waals surface area contributed by atoms with Gasteiger partial charge in [0.1, 0.15) is 11.4 Å². The third kappa shape index (κ3) is 2.82. The molecule has 1 aliphatic carbocycles. The summed E-state index contributed by atoms with van der Waals surface area (Å²) in [5.41, 5.74) is -0.452. The monoisotopic (exact) mass is 198 g/mol. The second-order valence-electron chi connectivity index (χ2n) is 5.04. The van der Waals surface area contributed by atoms with Gasteiger partial charge in [0, 0.05) is 12.3 Å². The lowest BCUT2D eigenvalue weighted by molar-refractivity contribution is -0.160. The van der Waals surface area contributed by atoms with Crippen molar-refractivity contribution in [3.05, 3.63) is 0 Å². The molecule has 3 heteroatoms. The number of esters is 1. The number of carbonyl (C=O) groups excluding carboxylic acids is 2. The maximum atomic E-state index is 11.6. The summed E-state index contributed by atoms with van der Waals surface area (Å²) in [5.74, 6) is -0.236. The van der Waals surface area contributed by atoms with Crippen LogP contribution in [0.4, 0.5) is 0 Å². The molecule has 0 bridgehead atoms. The SMILES string of the molecule is C[C@H]1C[C@@H](C(=O)OC(C)(C)C)CC1=O. The second-order valence-corrected chi connectivity index (χ2v) is 5.04. The van der Waals surface area contributed by atoms with Crippen molar-refractivity contribution >= 4 is 11.8 Å². The van der Waals surface area contributed by atoms with Gasteiger partial charge in [-0.3, -0.25) is 9.59 Å². The van der Waals surface area contributed by atoms with Crippen LogP contribution in [-0.2, 0) is 14.3 Å². The number of ether oxygens (including phenoxy) is 1. The van der Waals surface area contributed by atoms with Gasteiger partial charge in [0.15, 0.2) is 0 Å². The number of rotatable bonds is 1. The van der Waals surface area contributed by atoms with Gasteiger partial charge >= 0.3 is 5.97 Å². The van der Waals surface area contributed by atoms with E-state index in [2.05, 4.69) is 0 Å². The van der Waals surface area contributed by atoms with Crippen LogP contribution in [0.5, 0.6) is 0 Å². The third-order valence-electron chi connectivity index (χ3n) is 2.38. The average molecular weight is 198 g/mol. The first kappa shape index (κ1) is 11.2. The molecule has 0 aromatic heterocycles. The highest BCUT2D eigenvalue weighted by molar-refractivity contribution is 5.89. The van der Waals surface area contributed by atoms with Crippen molar-refractivity contribution in [1.29, 1.82) is 0 Å². The topological polar surface area (TPSA) is 43.4 Å². The fraction of sp³-hybridized carbons (Fsp3) is 0.818. The van der Waals surface area contributed by atoms with Crippen molar-refractivity contribution in [3.8, 4) is 0 Å². The molecule has 0 aromatic rings. The molecule has 1 fully saturated rings. The number of ketones is 1. The maximum absolute atomic E-state index is 11.6. The molecular formula is C11H18O3. The Bertz CT molecular complexity index is 250. The third-order valence-corrected chi connectivity index (χ3v) is 2.38. The molecule has 0 unspecified atom stereocenters. The van der Waals surface area contributed by atoms with Crippen LogP contribution in [0.1, 0.15) is 40.5 Å². The predicted molar refractivity (Wildman–Crippen MR) is 52.7 cm³/mol. The lowest BCUT2D eigenvalue weighted by atomic mass is 10.1. The van der Waals surface area contributed by atoms with Gasteiger partial charge < -0.3 is 4.74 Å². The van der Waals surface area contributed by atoms with Crippen molar-refractivity contribution in [1.82, 2.24) is 0 Å². The Morgan fingerprint density at radius 1 is 1.43 bits per heavy atom. The van der Waals surface area contributed by atoms with Crippen LogP contribution in [0.25, 0.3) is 0 Å². The molecule has 0 radical (unpaired) electrons. The fourth-order valence-corrected chi connectivity index (χ4v) is 1.65. The van der Waals surface area contributed by atoms with Gasteiger partial charge in [-0.2, -0.15) is 0 Å². The molecule has 1 rings (SSSR count). The molecule has 80 valence electrons. The smallest absolute Gasteiger partial charge is 0.309 e. The summed E-state index contributed by atoms with van der Waals surface area (Å²) in [6.45, 7) is 7.38. The van der Waals surface area contributed by atoms with Gasteiger partial charge in [-0.1, -0.05) is 6.92 Å². The molecular weight excluding hydrogens is 180 g/mol. The number of Topliss-reactive ketones (excluding diaryl/α,β-unsaturated/α-hetero) is 1. The molecule has 14 heavy (non-hydrogen) atoms. The maximum Gasteiger partial charge on any atom is 0.309 e. The van der Waals surface area contributed by atoms with E-state index in [0.717, 1.165) is 0 Å². The summed E-state index contributed by atoms with van der Waals surface area (Å²) >= 11 is 0. The van der Waals surface area contributed by atoms with E-state index in [-0.39, 0.29) is 23.6 Å². The highest BCUT2D eigenvalue weighted by Gasteiger charge is 2.36. The Morgan fingerprint density at radius 2 is 2.00 bits per heavy atom. The summed E-state index contributed by atoms with van der Waals surface area (Å²) in [6, 6.07) is 0. The Kier molecular flexibility index (Phi) is 2.98. The van der Waals surface area contributed by atoms with Gasteiger partial charge in [-0.05, 0) is 27.2 Å². The summed E-state index contributed by atoms with van der Waals surface area (Å²) in [7, 11) is 0. The minimum Gasteiger partial charge on any atom is -0.460 e. The number of carbonyl (C=O) groups is 2. The molecule has 0 saturated heterocycles. The molecule has 3 nitrogen and oxygen atoms in total. The zero-order valence-corrected chi connectivity index (χ0v) is 9.29. The molecule has 0 aromatic carbocycles. The zero-order valence-electron chi connectivity index (χ0n) is 9.29. The van der Waals surface area contributed by atoms with Crippen LogP contribution in [0, 0.1) is 11.8 Å². The summed E-state index contributed by atoms with van der Waals surface area (Å²) < 4.78 is 5.23. The molecule has 2 atom stereocenters. The van der Waals surface area contributed by atoms with E-state index >= 15 is 0 Å². The van der Waals surface area contributed by atoms with Crippen molar-refractivity contribution in [2.45, 2.75) is 46.1 Å². The van der Waals surface area contributed by atoms with Crippen LogP contribution in [0.2, 0.25) is 0 Å². The van der Waals surface area contributed by atoms with Crippen molar-refractivity contribution in [2.24, 2.45) is 11.8 Å². The van der Waals surface area contributed by atoms with Gasteiger partial charge in [0.25, 0.3) is 0 Å². The lowest BCUT2D eigenvalue weighted by Crippen LogP contribution is -2.27. The van der Waals surface area contributed by atoms with E-state index in [4.69, 9.17) is 4.74 Å². The highest BCUT2D eigenvalue weighted by atomic mass is 16.6. The van der Waals surface area contributed by atoms with Gasteiger partial charge in [0.05, 0.1) is 5.92 Å². The minimum absolute atomic E-state index is 0.0209. The Labute approximate surface area is 84.8 Å². The van der Waals surface area contributed by atoms with E-state index in [9.17, 15) is 9.59 Å². The van der Waals surface area contributed by atoms with Crippen LogP contribution in [-0.4, -0.2) is 17.4 Å². The second kappa shape index (κ2) is 3.71. The fourth-order valence-electron chi connectivity index (χ4n) is 1.65. The van der Waals surface area contributed by atoms with Crippen LogP contribution in [0.15, 0.2) is 0 Å². The van der Waals surface area contributed by atoms with Gasteiger partial charge in [0.2, 0.25) is 0 Å². The van der Waals surface area contributed by atoms with Crippen molar-refractivity contribution in [3.63, 3.8) is 0 Å². The standard InChI is InChI=1S/C11H18O3/c1-7-5-8(6-9(7)12)10(13)14-11(2,3)4/h7-8H,5-6H2,1-4H3/t7-,8+/m0/s1. The van der Waals surface area contributed by atoms with Crippen LogP contribution >= 0.6 is 0 Å². The predicted octanol–water partition coefficient (Wildman–Crippen LogP) is 1.94. The minimum atomic E-state index is -0.452. The molecule has 0 heterocycles. The van der Waals surface area contributed by atoms with Gasteiger partial charge in [-0.15, -0.1) is 0 Å². The number of hydrogen-bond donors (Lipinski definition) is 0. The normalized spacial score (nSPS) is 27.9. The molecule has 0 amide bonds. The quantitative estimate of drug-likeness (QED) is 0.605. The van der Waals surface area contributed by atoms with Crippen LogP contribution < -0.4 is 0 Å². The van der Waals surface area contributed by atoms with Crippen molar-refractivity contribution in [2.75, 3.05) is 0 Å². The largest absolute Gasteiger partial charge is 0.460 e. The summed E-state index contributed by atoms with van der Waals surface area (Å²) in [5, 5.41) is 0.